The number of hydrogen-bond donors (Lipinski definition) is 1. The van der Waals surface area contributed by atoms with Crippen LogP contribution in [0.3, 0.4) is 0 Å². The van der Waals surface area contributed by atoms with E-state index in [-0.39, 0.29) is 11.5 Å². The predicted molar refractivity (Wildman–Crippen MR) is 136 cm³/mol. The molecule has 35 heavy (non-hydrogen) atoms. The molecule has 0 bridgehead atoms. The van der Waals surface area contributed by atoms with Gasteiger partial charge in [-0.3, -0.25) is 9.79 Å². The Morgan fingerprint density at radius 1 is 1.03 bits per heavy atom. The van der Waals surface area contributed by atoms with Crippen molar-refractivity contribution in [3.63, 3.8) is 0 Å². The van der Waals surface area contributed by atoms with Crippen LogP contribution in [0.5, 0.6) is 0 Å². The third kappa shape index (κ3) is 3.29. The highest BCUT2D eigenvalue weighted by Crippen LogP contribution is 2.55. The van der Waals surface area contributed by atoms with E-state index in [1.54, 1.807) is 6.07 Å². The van der Waals surface area contributed by atoms with Gasteiger partial charge in [-0.15, -0.1) is 0 Å². The van der Waals surface area contributed by atoms with Crippen molar-refractivity contribution in [1.82, 2.24) is 0 Å². The van der Waals surface area contributed by atoms with E-state index in [0.717, 1.165) is 41.6 Å². The second kappa shape index (κ2) is 8.25. The first-order valence-corrected chi connectivity index (χ1v) is 12.2. The largest absolute Gasteiger partial charge is 0.365 e. The number of benzene rings is 3. The van der Waals surface area contributed by atoms with E-state index in [4.69, 9.17) is 10.7 Å². The van der Waals surface area contributed by atoms with Crippen LogP contribution in [0.2, 0.25) is 0 Å². The lowest BCUT2D eigenvalue weighted by molar-refractivity contribution is -0.112. The van der Waals surface area contributed by atoms with E-state index in [1.165, 1.54) is 12.0 Å². The van der Waals surface area contributed by atoms with E-state index >= 15 is 0 Å². The number of allylic oxidation sites excluding steroid dienone is 1. The number of fused-ring (bicyclic) bond motifs is 2. The highest BCUT2D eigenvalue weighted by Gasteiger charge is 2.55. The van der Waals surface area contributed by atoms with Crippen LogP contribution in [0, 0.1) is 17.2 Å². The second-order valence-corrected chi connectivity index (χ2v) is 9.59. The highest BCUT2D eigenvalue weighted by atomic mass is 16.1. The summed E-state index contributed by atoms with van der Waals surface area (Å²) in [6, 6.07) is 28.8. The van der Waals surface area contributed by atoms with Crippen molar-refractivity contribution in [3.05, 3.63) is 107 Å². The van der Waals surface area contributed by atoms with E-state index in [9.17, 15) is 10.1 Å². The van der Waals surface area contributed by atoms with Crippen LogP contribution in [0.25, 0.3) is 11.3 Å². The maximum absolute atomic E-state index is 11.9. The molecule has 2 heterocycles. The summed E-state index contributed by atoms with van der Waals surface area (Å²) in [4.78, 5) is 19.8. The third-order valence-corrected chi connectivity index (χ3v) is 7.73. The maximum Gasteiger partial charge on any atom is 0.259 e. The van der Waals surface area contributed by atoms with Crippen molar-refractivity contribution in [2.75, 3.05) is 4.90 Å². The Morgan fingerprint density at radius 2 is 1.77 bits per heavy atom. The molecular weight excluding hydrogens is 432 g/mol. The first-order chi connectivity index (χ1) is 17.1. The van der Waals surface area contributed by atoms with E-state index in [1.807, 2.05) is 24.3 Å². The lowest BCUT2D eigenvalue weighted by atomic mass is 9.66. The number of nitrogens with zero attached hydrogens (tertiary/aromatic N) is 3. The third-order valence-electron chi connectivity index (χ3n) is 7.73. The molecule has 3 aromatic rings. The van der Waals surface area contributed by atoms with Crippen LogP contribution >= 0.6 is 0 Å². The number of amides is 1. The van der Waals surface area contributed by atoms with Gasteiger partial charge in [0.05, 0.1) is 11.0 Å². The normalized spacial score (nSPS) is 25.2. The maximum atomic E-state index is 11.9. The number of hydrogen-bond acceptors (Lipinski definition) is 4. The van der Waals surface area contributed by atoms with Crippen LogP contribution in [-0.2, 0) is 4.79 Å². The molecule has 5 heteroatoms. The lowest BCUT2D eigenvalue weighted by Gasteiger charge is -2.53. The molecule has 2 N–H and O–H groups in total. The molecule has 3 aliphatic rings. The fourth-order valence-corrected chi connectivity index (χ4v) is 6.27. The molecular formula is C30H26N4O. The van der Waals surface area contributed by atoms with Crippen molar-refractivity contribution < 1.29 is 4.79 Å². The molecule has 0 radical (unpaired) electrons. The minimum Gasteiger partial charge on any atom is -0.365 e. The summed E-state index contributed by atoms with van der Waals surface area (Å²) in [7, 11) is 0. The topological polar surface area (TPSA) is 82.5 Å². The Balaban J connectivity index is 1.64. The lowest BCUT2D eigenvalue weighted by Crippen LogP contribution is -2.55. The zero-order chi connectivity index (χ0) is 24.0. The van der Waals surface area contributed by atoms with Crippen molar-refractivity contribution >= 4 is 22.9 Å². The van der Waals surface area contributed by atoms with Gasteiger partial charge in [0.2, 0.25) is 0 Å². The quantitative estimate of drug-likeness (QED) is 0.644. The Morgan fingerprint density at radius 3 is 2.49 bits per heavy atom. The number of primary amides is 1. The van der Waals surface area contributed by atoms with Gasteiger partial charge < -0.3 is 10.6 Å². The Bertz CT molecular complexity index is 1500. The summed E-state index contributed by atoms with van der Waals surface area (Å²) in [6.07, 6.45) is 6.75. The molecule has 172 valence electrons. The molecule has 3 unspecified atom stereocenters. The second-order valence-electron chi connectivity index (χ2n) is 9.59. The Labute approximate surface area is 204 Å². The summed E-state index contributed by atoms with van der Waals surface area (Å²) in [5.41, 5.74) is 9.58. The van der Waals surface area contributed by atoms with Gasteiger partial charge in [0, 0.05) is 22.8 Å². The number of carbonyl (C=O) groups is 1. The molecule has 5 nitrogen and oxygen atoms in total. The van der Waals surface area contributed by atoms with Crippen molar-refractivity contribution in [2.24, 2.45) is 16.6 Å². The molecule has 1 saturated carbocycles. The van der Waals surface area contributed by atoms with Gasteiger partial charge in [-0.25, -0.2) is 0 Å². The molecule has 1 fully saturated rings. The minimum atomic E-state index is -0.714. The molecule has 0 aromatic heterocycles. The summed E-state index contributed by atoms with van der Waals surface area (Å²) >= 11 is 0. The van der Waals surface area contributed by atoms with Crippen molar-refractivity contribution in [1.29, 1.82) is 5.26 Å². The molecule has 3 aromatic carbocycles. The van der Waals surface area contributed by atoms with Gasteiger partial charge >= 0.3 is 0 Å². The fraction of sp³-hybridized carbons (Fsp3) is 0.233. The standard InChI is InChI=1S/C30H26N4O/c31-19-24(29(32)35)22-14-15-26-28(17-22)34-27(21-11-5-2-6-12-21)18-23(20-9-3-1-4-10-20)25-13-7-8-16-30(25,34)33-26/h1-6,9-12,14-15,17-18,23,25H,7-8,13,16H2,(H2,32,35)/b24-22+. The zero-order valence-corrected chi connectivity index (χ0v) is 19.4. The van der Waals surface area contributed by atoms with Gasteiger partial charge in [0.25, 0.3) is 5.91 Å². The number of anilines is 1. The molecule has 1 spiro atoms. The zero-order valence-electron chi connectivity index (χ0n) is 19.4. The SMILES string of the molecule is N#C/C(C(N)=O)=c1/ccc2c(c1)N1C(c3ccccc3)=CC(c3ccccc3)C3CCCCC31N=2. The fourth-order valence-electron chi connectivity index (χ4n) is 6.27. The Hall–Kier alpha value is -4.17. The van der Waals surface area contributed by atoms with Gasteiger partial charge in [-0.05, 0) is 42.5 Å². The first kappa shape index (κ1) is 21.4. The van der Waals surface area contributed by atoms with E-state index < -0.39 is 11.6 Å². The molecule has 3 atom stereocenters. The molecule has 2 aliphatic heterocycles. The average molecular weight is 459 g/mol. The van der Waals surface area contributed by atoms with Crippen LogP contribution in [-0.4, -0.2) is 11.6 Å². The van der Waals surface area contributed by atoms with E-state index in [0.29, 0.717) is 11.1 Å². The molecule has 1 amide bonds. The van der Waals surface area contributed by atoms with E-state index in [2.05, 4.69) is 65.6 Å². The van der Waals surface area contributed by atoms with Crippen molar-refractivity contribution in [3.8, 4) is 6.07 Å². The van der Waals surface area contributed by atoms with Gasteiger partial charge in [0.1, 0.15) is 17.3 Å². The summed E-state index contributed by atoms with van der Waals surface area (Å²) < 4.78 is 0. The van der Waals surface area contributed by atoms with Crippen LogP contribution in [0.15, 0.2) is 89.9 Å². The smallest absolute Gasteiger partial charge is 0.259 e. The van der Waals surface area contributed by atoms with Crippen LogP contribution in [0.4, 0.5) is 5.69 Å². The van der Waals surface area contributed by atoms with Gasteiger partial charge in [-0.1, -0.05) is 79.2 Å². The number of rotatable bonds is 3. The number of nitrogens with two attached hydrogens (primary N) is 1. The van der Waals surface area contributed by atoms with Gasteiger partial charge in [0.15, 0.2) is 0 Å². The van der Waals surface area contributed by atoms with Crippen LogP contribution in [0.1, 0.15) is 42.7 Å². The van der Waals surface area contributed by atoms with Gasteiger partial charge in [-0.2, -0.15) is 5.26 Å². The average Bonchev–Trinajstić information content (AvgIpc) is 3.22. The minimum absolute atomic E-state index is 0.0293. The molecule has 6 rings (SSSR count). The summed E-state index contributed by atoms with van der Waals surface area (Å²) in [6.45, 7) is 0. The predicted octanol–water partition coefficient (Wildman–Crippen LogP) is 4.01. The number of carbonyl (C=O) groups excluding carboxylic acids is 1. The van der Waals surface area contributed by atoms with Crippen LogP contribution < -0.4 is 21.2 Å². The molecule has 1 aliphatic carbocycles. The first-order valence-electron chi connectivity index (χ1n) is 12.2. The summed E-state index contributed by atoms with van der Waals surface area (Å²) in [5.74, 6) is -0.154. The molecule has 0 saturated heterocycles. The number of nitriles is 1. The Kier molecular flexibility index (Phi) is 5.04. The summed E-state index contributed by atoms with van der Waals surface area (Å²) in [5, 5.41) is 11.0. The van der Waals surface area contributed by atoms with Crippen molar-refractivity contribution in [2.45, 2.75) is 37.3 Å². The highest BCUT2D eigenvalue weighted by molar-refractivity contribution is 6.17. The monoisotopic (exact) mass is 458 g/mol.